The zero-order valence-corrected chi connectivity index (χ0v) is 18.8. The highest BCUT2D eigenvalue weighted by atomic mass is 19.1. The lowest BCUT2D eigenvalue weighted by Gasteiger charge is -2.58. The van der Waals surface area contributed by atoms with Crippen LogP contribution in [0.25, 0.3) is 0 Å². The number of fused-ring (bicyclic) bond motifs is 3. The van der Waals surface area contributed by atoms with Crippen molar-refractivity contribution in [2.45, 2.75) is 72.3 Å². The van der Waals surface area contributed by atoms with E-state index in [-0.39, 0.29) is 22.1 Å². The summed E-state index contributed by atoms with van der Waals surface area (Å²) in [6.07, 6.45) is 15.4. The highest BCUT2D eigenvalue weighted by Gasteiger charge is 2.54. The lowest BCUT2D eigenvalue weighted by atomic mass is 9.46. The minimum absolute atomic E-state index is 0.0563. The number of rotatable bonds is 5. The molecule has 0 amide bonds. The van der Waals surface area contributed by atoms with Crippen LogP contribution in [0.15, 0.2) is 53.7 Å². The normalized spacial score (nSPS) is 38.5. The van der Waals surface area contributed by atoms with Gasteiger partial charge in [0, 0.05) is 11.6 Å². The molecule has 0 saturated heterocycles. The number of allylic oxidation sites excluding steroid dienone is 3. The van der Waals surface area contributed by atoms with Crippen LogP contribution in [-0.2, 0) is 11.4 Å². The summed E-state index contributed by atoms with van der Waals surface area (Å²) in [6, 6.07) is 6.42. The smallest absolute Gasteiger partial charge is 0.142 e. The van der Waals surface area contributed by atoms with E-state index in [4.69, 9.17) is 4.84 Å². The van der Waals surface area contributed by atoms with E-state index in [1.807, 2.05) is 0 Å². The first-order chi connectivity index (χ1) is 14.3. The van der Waals surface area contributed by atoms with Crippen molar-refractivity contribution >= 4 is 6.21 Å². The molecule has 5 atom stereocenters. The maximum absolute atomic E-state index is 13.1. The molecule has 0 N–H and O–H groups in total. The molecule has 0 spiro atoms. The molecule has 2 nitrogen and oxygen atoms in total. The predicted molar refractivity (Wildman–Crippen MR) is 122 cm³/mol. The first-order valence-electron chi connectivity index (χ1n) is 11.5. The predicted octanol–water partition coefficient (Wildman–Crippen LogP) is 7.46. The van der Waals surface area contributed by atoms with Gasteiger partial charge in [-0.3, -0.25) is 0 Å². The standard InChI is InChI=1S/C27H36FNO/c1-5-25(2)16-13-23-21(17-25)9-12-24-26(3,14-6-15-27(23,24)4)19-29-30-18-20-7-10-22(28)11-8-20/h5,7-8,10-11,13,19,21,24H,1,6,9,12,14-18H2,2-4H3/b29-19+/t21-,24+,25-,26-,27-/m0/s1. The molecule has 0 unspecified atom stereocenters. The minimum Gasteiger partial charge on any atom is -0.391 e. The zero-order valence-electron chi connectivity index (χ0n) is 18.8. The Morgan fingerprint density at radius 3 is 2.67 bits per heavy atom. The van der Waals surface area contributed by atoms with Crippen molar-refractivity contribution in [1.82, 2.24) is 0 Å². The second kappa shape index (κ2) is 7.98. The summed E-state index contributed by atoms with van der Waals surface area (Å²) in [6.45, 7) is 11.7. The van der Waals surface area contributed by atoms with Gasteiger partial charge in [-0.05, 0) is 78.9 Å². The van der Waals surface area contributed by atoms with E-state index in [1.165, 1.54) is 50.7 Å². The summed E-state index contributed by atoms with van der Waals surface area (Å²) in [4.78, 5) is 5.61. The van der Waals surface area contributed by atoms with Crippen LogP contribution in [0.4, 0.5) is 4.39 Å². The number of oxime groups is 1. The maximum Gasteiger partial charge on any atom is 0.142 e. The summed E-state index contributed by atoms with van der Waals surface area (Å²) >= 11 is 0. The van der Waals surface area contributed by atoms with Crippen molar-refractivity contribution in [3.63, 3.8) is 0 Å². The molecule has 3 heteroatoms. The molecule has 2 fully saturated rings. The third-order valence-electron chi connectivity index (χ3n) is 8.44. The summed E-state index contributed by atoms with van der Waals surface area (Å²) in [7, 11) is 0. The highest BCUT2D eigenvalue weighted by Crippen LogP contribution is 2.63. The van der Waals surface area contributed by atoms with Crippen LogP contribution in [-0.4, -0.2) is 6.21 Å². The molecular formula is C27H36FNO. The van der Waals surface area contributed by atoms with E-state index in [9.17, 15) is 4.39 Å². The van der Waals surface area contributed by atoms with Crippen LogP contribution in [0.3, 0.4) is 0 Å². The molecule has 162 valence electrons. The van der Waals surface area contributed by atoms with Gasteiger partial charge in [-0.25, -0.2) is 4.39 Å². The zero-order chi connectivity index (χ0) is 21.4. The summed E-state index contributed by atoms with van der Waals surface area (Å²) in [5, 5.41) is 4.40. The second-order valence-corrected chi connectivity index (χ2v) is 10.7. The molecule has 3 aliphatic carbocycles. The van der Waals surface area contributed by atoms with Crippen molar-refractivity contribution in [3.05, 3.63) is 60.0 Å². The lowest BCUT2D eigenvalue weighted by Crippen LogP contribution is -2.50. The largest absolute Gasteiger partial charge is 0.391 e. The van der Waals surface area contributed by atoms with Crippen molar-refractivity contribution in [3.8, 4) is 0 Å². The Hall–Kier alpha value is -1.90. The van der Waals surface area contributed by atoms with Gasteiger partial charge in [0.05, 0.1) is 0 Å². The van der Waals surface area contributed by atoms with Gasteiger partial charge < -0.3 is 4.84 Å². The average Bonchev–Trinajstić information content (AvgIpc) is 2.72. The Labute approximate surface area is 181 Å². The molecule has 0 bridgehead atoms. The molecule has 0 radical (unpaired) electrons. The summed E-state index contributed by atoms with van der Waals surface area (Å²) in [5.41, 5.74) is 3.22. The molecule has 1 aromatic carbocycles. The van der Waals surface area contributed by atoms with E-state index in [0.29, 0.717) is 18.4 Å². The first kappa shape index (κ1) is 21.3. The third-order valence-corrected chi connectivity index (χ3v) is 8.44. The third kappa shape index (κ3) is 3.88. The van der Waals surface area contributed by atoms with Crippen LogP contribution < -0.4 is 0 Å². The van der Waals surface area contributed by atoms with Crippen molar-refractivity contribution in [1.29, 1.82) is 0 Å². The topological polar surface area (TPSA) is 21.6 Å². The van der Waals surface area contributed by atoms with E-state index in [1.54, 1.807) is 17.7 Å². The van der Waals surface area contributed by atoms with Gasteiger partial charge in [0.15, 0.2) is 0 Å². The lowest BCUT2D eigenvalue weighted by molar-refractivity contribution is 0.0113. The number of hydrogen-bond donors (Lipinski definition) is 0. The monoisotopic (exact) mass is 409 g/mol. The van der Waals surface area contributed by atoms with Gasteiger partial charge in [0.2, 0.25) is 0 Å². The molecule has 2 saturated carbocycles. The number of halogens is 1. The van der Waals surface area contributed by atoms with Crippen LogP contribution in [0, 0.1) is 33.9 Å². The maximum atomic E-state index is 13.1. The van der Waals surface area contributed by atoms with Gasteiger partial charge in [0.25, 0.3) is 0 Å². The van der Waals surface area contributed by atoms with Crippen LogP contribution >= 0.6 is 0 Å². The SMILES string of the molecule is C=C[C@@]1(C)CC=C2[C@@H](CC[C@H]3[C@@]2(C)CCC[C@@]3(C)/C=N/OCc2ccc(F)cc2)C1. The average molecular weight is 410 g/mol. The van der Waals surface area contributed by atoms with E-state index in [0.717, 1.165) is 12.0 Å². The van der Waals surface area contributed by atoms with Gasteiger partial charge in [0.1, 0.15) is 12.4 Å². The molecular weight excluding hydrogens is 373 g/mol. The van der Waals surface area contributed by atoms with Crippen molar-refractivity contribution in [2.24, 2.45) is 33.2 Å². The Morgan fingerprint density at radius 2 is 1.93 bits per heavy atom. The fourth-order valence-corrected chi connectivity index (χ4v) is 6.67. The minimum atomic E-state index is -0.225. The quantitative estimate of drug-likeness (QED) is 0.281. The molecule has 30 heavy (non-hydrogen) atoms. The van der Waals surface area contributed by atoms with Gasteiger partial charge in [-0.1, -0.05) is 62.2 Å². The second-order valence-electron chi connectivity index (χ2n) is 10.7. The highest BCUT2D eigenvalue weighted by molar-refractivity contribution is 5.66. The van der Waals surface area contributed by atoms with Crippen LogP contribution in [0.1, 0.15) is 71.3 Å². The van der Waals surface area contributed by atoms with Gasteiger partial charge >= 0.3 is 0 Å². The van der Waals surface area contributed by atoms with Crippen LogP contribution in [0.2, 0.25) is 0 Å². The van der Waals surface area contributed by atoms with E-state index in [2.05, 4.69) is 50.9 Å². The molecule has 0 heterocycles. The van der Waals surface area contributed by atoms with Crippen molar-refractivity contribution in [2.75, 3.05) is 0 Å². The Kier molecular flexibility index (Phi) is 5.67. The van der Waals surface area contributed by atoms with Gasteiger partial charge in [-0.15, -0.1) is 6.58 Å². The Balaban J connectivity index is 1.49. The fraction of sp³-hybridized carbons (Fsp3) is 0.593. The summed E-state index contributed by atoms with van der Waals surface area (Å²) < 4.78 is 13.1. The Morgan fingerprint density at radius 1 is 1.17 bits per heavy atom. The number of benzene rings is 1. The van der Waals surface area contributed by atoms with E-state index < -0.39 is 0 Å². The Bertz CT molecular complexity index is 843. The molecule has 3 aliphatic rings. The number of hydrogen-bond acceptors (Lipinski definition) is 2. The molecule has 0 aromatic heterocycles. The fourth-order valence-electron chi connectivity index (χ4n) is 6.67. The van der Waals surface area contributed by atoms with Crippen LogP contribution in [0.5, 0.6) is 0 Å². The van der Waals surface area contributed by atoms with Crippen molar-refractivity contribution < 1.29 is 9.23 Å². The first-order valence-corrected chi connectivity index (χ1v) is 11.5. The molecule has 1 aromatic rings. The molecule has 4 rings (SSSR count). The van der Waals surface area contributed by atoms with E-state index >= 15 is 0 Å². The number of nitrogens with zero attached hydrogens (tertiary/aromatic N) is 1. The van der Waals surface area contributed by atoms with Gasteiger partial charge in [-0.2, -0.15) is 0 Å². The molecule has 0 aliphatic heterocycles. The summed E-state index contributed by atoms with van der Waals surface area (Å²) in [5.74, 6) is 1.09.